The zero-order chi connectivity index (χ0) is 61.1. The third-order valence-electron chi connectivity index (χ3n) is 22.8. The molecule has 1 aliphatic heterocycles. The van der Waals surface area contributed by atoms with E-state index >= 15 is 0 Å². The van der Waals surface area contributed by atoms with Gasteiger partial charge in [0.2, 0.25) is 0 Å². The van der Waals surface area contributed by atoms with Crippen molar-refractivity contribution in [2.24, 2.45) is 45.8 Å². The number of ether oxygens (including phenoxy) is 1. The van der Waals surface area contributed by atoms with E-state index in [9.17, 15) is 9.36 Å². The van der Waals surface area contributed by atoms with Gasteiger partial charge in [-0.25, -0.2) is 0 Å². The van der Waals surface area contributed by atoms with Crippen LogP contribution in [0, 0.1) is 45.8 Å². The molecule has 0 radical (unpaired) electrons. The molecule has 12 atom stereocenters. The molecule has 2 aromatic carbocycles. The minimum absolute atomic E-state index is 0. The van der Waals surface area contributed by atoms with Crippen LogP contribution in [-0.2, 0) is 22.9 Å². The molecule has 8 unspecified atom stereocenters. The first kappa shape index (κ1) is 75.5. The molecule has 0 N–H and O–H groups in total. The van der Waals surface area contributed by atoms with Gasteiger partial charge in [-0.05, 0) is 190 Å². The van der Waals surface area contributed by atoms with Crippen LogP contribution in [0.3, 0.4) is 0 Å². The van der Waals surface area contributed by atoms with Crippen LogP contribution in [0.4, 0.5) is 0 Å². The van der Waals surface area contributed by atoms with E-state index < -0.39 is 23.8 Å². The molecule has 7 aliphatic carbocycles. The molecule has 1 saturated heterocycles. The predicted molar refractivity (Wildman–Crippen MR) is 403 cm³/mol. The van der Waals surface area contributed by atoms with E-state index in [1.165, 1.54) is 61.7 Å². The number of hydrogen-bond acceptors (Lipinski definition) is 5. The van der Waals surface area contributed by atoms with E-state index in [1.54, 1.807) is 5.57 Å². The number of carbonyl (C=O) groups is 1. The molecule has 2 aromatic rings. The molecule has 0 amide bonds. The van der Waals surface area contributed by atoms with E-state index in [2.05, 4.69) is 215 Å². The Morgan fingerprint density at radius 2 is 1.13 bits per heavy atom. The van der Waals surface area contributed by atoms with Crippen LogP contribution in [0.2, 0.25) is 36.3 Å². The Bertz CT molecular complexity index is 2640. The number of fused-ring (bicyclic) bond motifs is 4. The third kappa shape index (κ3) is 16.8. The van der Waals surface area contributed by atoms with E-state index in [0.717, 1.165) is 79.4 Å². The number of ketones is 1. The number of rotatable bonds is 9. The summed E-state index contributed by atoms with van der Waals surface area (Å²) in [6, 6.07) is 19.8. The van der Waals surface area contributed by atoms with Gasteiger partial charge >= 0.3 is 50.5 Å². The van der Waals surface area contributed by atoms with E-state index in [-0.39, 0.29) is 57.3 Å². The Kier molecular flexibility index (Phi) is 27.9. The molecule has 8 aliphatic rings. The molecule has 14 heteroatoms. The van der Waals surface area contributed by atoms with Crippen LogP contribution in [0.25, 0.3) is 0 Å². The maximum atomic E-state index is 14.4. The maximum absolute atomic E-state index is 14.4. The van der Waals surface area contributed by atoms with Gasteiger partial charge in [0.05, 0.1) is 18.3 Å². The fourth-order valence-electron chi connectivity index (χ4n) is 15.6. The monoisotopic (exact) mass is 1860 g/mol. The van der Waals surface area contributed by atoms with E-state index in [4.69, 9.17) is 13.6 Å². The first-order chi connectivity index (χ1) is 38.3. The van der Waals surface area contributed by atoms with E-state index in [1.807, 2.05) is 60.7 Å². The van der Waals surface area contributed by atoms with Gasteiger partial charge < -0.3 is 18.2 Å². The van der Waals surface area contributed by atoms with Crippen LogP contribution < -0.4 is 23.9 Å². The second-order valence-electron chi connectivity index (χ2n) is 29.8. The average Bonchev–Trinajstić information content (AvgIpc) is 1.78. The molecule has 7 saturated carbocycles. The number of epoxide rings is 1. The molecular formula is C69H106I6O5PSi2-. The number of benzene rings is 2. The van der Waals surface area contributed by atoms with Crippen LogP contribution in [-0.4, -0.2) is 52.5 Å². The predicted octanol–water partition coefficient (Wildman–Crippen LogP) is 19.6. The third-order valence-corrected chi connectivity index (χ3v) is 34.7. The molecule has 1 heterocycles. The molecule has 10 rings (SSSR count). The Morgan fingerprint density at radius 1 is 0.699 bits per heavy atom. The second kappa shape index (κ2) is 30.7. The van der Waals surface area contributed by atoms with Crippen molar-refractivity contribution in [1.82, 2.24) is 0 Å². The van der Waals surface area contributed by atoms with Gasteiger partial charge in [-0.15, -0.1) is 24.0 Å². The number of halogens is 6. The SMILES string of the molecule is C=C1/C(=C\C=C2/CCC[C@@]3(C)C2CCC32C[C@H]2C)CC(C)CC1O[Si](C)(C)C(C)(C)C.C=C1/C(=C\CP(=O)(c2ccccc2)c2ccccc2)CC(C)CC1O[Si](C)(C)C(C)(C)C.C[C@@H]1OC12CCC1C(=O)CCC[C@@]12C.I.II.I[I-]I. The van der Waals surface area contributed by atoms with Crippen molar-refractivity contribution in [2.75, 3.05) is 6.16 Å². The van der Waals surface area contributed by atoms with Crippen molar-refractivity contribution in [3.05, 3.63) is 120 Å². The Morgan fingerprint density at radius 3 is 1.59 bits per heavy atom. The topological polar surface area (TPSA) is 65.1 Å². The molecule has 8 fully saturated rings. The molecule has 468 valence electrons. The van der Waals surface area contributed by atoms with Crippen molar-refractivity contribution in [1.29, 1.82) is 0 Å². The van der Waals surface area contributed by atoms with Crippen molar-refractivity contribution in [3.8, 4) is 0 Å². The Hall–Kier alpha value is 1.73. The summed E-state index contributed by atoms with van der Waals surface area (Å²) in [4.78, 5) is 11.8. The zero-order valence-electron chi connectivity index (χ0n) is 53.6. The summed E-state index contributed by atoms with van der Waals surface area (Å²) in [6.07, 6.45) is 26.4. The molecular weight excluding hydrogens is 1760 g/mol. The van der Waals surface area contributed by atoms with Crippen LogP contribution in [0.5, 0.6) is 0 Å². The number of carbonyl (C=O) groups excluding carboxylic acids is 1. The molecule has 0 aromatic heterocycles. The van der Waals surface area contributed by atoms with Crippen LogP contribution in [0.1, 0.15) is 179 Å². The van der Waals surface area contributed by atoms with Crippen LogP contribution >= 0.6 is 106 Å². The minimum atomic E-state index is -2.77. The number of hydrogen-bond donors (Lipinski definition) is 0. The normalized spacial score (nSPS) is 34.5. The number of allylic oxidation sites excluding steroid dienone is 4. The van der Waals surface area contributed by atoms with Crippen molar-refractivity contribution >= 4 is 139 Å². The van der Waals surface area contributed by atoms with Gasteiger partial charge in [-0.3, -0.25) is 4.79 Å². The zero-order valence-corrected chi connectivity index (χ0v) is 69.7. The van der Waals surface area contributed by atoms with Crippen molar-refractivity contribution in [3.63, 3.8) is 0 Å². The van der Waals surface area contributed by atoms with Crippen molar-refractivity contribution < 1.29 is 36.2 Å². The molecule has 83 heavy (non-hydrogen) atoms. The standard InChI is InChI=1S/C29H48OSi.C28H39O2PSi.C12H18O2.I3.I2.HI/c1-20-17-24(22(3)26(18-20)30-31(8,9)27(4,5)6)13-12-23-11-10-15-28(7)25(23)14-16-29(28)19-21(29)2;1-22-20-24(23(2)27(21-22)30-32(6,7)28(3,4)5)18-19-31(29,25-14-10-8-11-15-25)26-16-12-9-13-17-26;1-8-12(14-8)7-5-9-10(13)4-3-6-11(9,12)2;1-3-2;1-2;/h12-13,20-21,25-26H,3,10-11,14-19H2,1-2,4-9H3;8-18,22,27H,2,19-21H2,1,3-7H3;8-9H,3-7H2,1-2H3;;;1H/q;;;-1;;/b23-12+,24-13-;24-18-;;;;/t20?,21-,25?,26?,28+,29?;;8-,9?,11-,12?;;;/m1.0.../s1. The number of Topliss-reactive ketones (excluding diaryl/α,β-unsaturated/α-hetero) is 1. The summed E-state index contributed by atoms with van der Waals surface area (Å²) in [5.74, 6) is 3.77. The average molecular weight is 1860 g/mol. The van der Waals surface area contributed by atoms with E-state index in [0.29, 0.717) is 59.9 Å². The summed E-state index contributed by atoms with van der Waals surface area (Å²) >= 11 is 9.54. The first-order valence-electron chi connectivity index (χ1n) is 31.0. The van der Waals surface area contributed by atoms with Gasteiger partial charge in [0.15, 0.2) is 16.6 Å². The molecule has 2 spiro atoms. The Labute approximate surface area is 578 Å². The summed E-state index contributed by atoms with van der Waals surface area (Å²) in [7, 11) is -6.47. The molecule has 0 bridgehead atoms. The summed E-state index contributed by atoms with van der Waals surface area (Å²) < 4.78 is 33.9. The van der Waals surface area contributed by atoms with Gasteiger partial charge in [0.1, 0.15) is 18.5 Å². The fraction of sp³-hybridized carbons (Fsp3) is 0.667. The summed E-state index contributed by atoms with van der Waals surface area (Å²) in [6.45, 7) is 46.5. The summed E-state index contributed by atoms with van der Waals surface area (Å²) in [5, 5.41) is 2.22. The summed E-state index contributed by atoms with van der Waals surface area (Å²) in [5.41, 5.74) is 8.25. The quantitative estimate of drug-likeness (QED) is 0.108. The van der Waals surface area contributed by atoms with Gasteiger partial charge in [0.25, 0.3) is 0 Å². The fourth-order valence-corrected chi connectivity index (χ4v) is 20.7. The van der Waals surface area contributed by atoms with Crippen molar-refractivity contribution in [2.45, 2.75) is 240 Å². The molecule has 5 nitrogen and oxygen atoms in total. The van der Waals surface area contributed by atoms with Gasteiger partial charge in [-0.2, -0.15) is 0 Å². The van der Waals surface area contributed by atoms with Gasteiger partial charge in [0, 0.05) is 71.8 Å². The van der Waals surface area contributed by atoms with Crippen LogP contribution in [0.15, 0.2) is 120 Å². The van der Waals surface area contributed by atoms with Gasteiger partial charge in [-0.1, -0.05) is 174 Å². The Balaban J connectivity index is 0.000000231. The first-order valence-corrected chi connectivity index (χ1v) is 57.6. The second-order valence-corrected chi connectivity index (χ2v) is 58.4.